The first-order chi connectivity index (χ1) is 8.11. The van der Waals surface area contributed by atoms with Gasteiger partial charge in [0.15, 0.2) is 0 Å². The summed E-state index contributed by atoms with van der Waals surface area (Å²) in [5, 5.41) is 1.01. The van der Waals surface area contributed by atoms with Crippen LogP contribution >= 0.6 is 0 Å². The number of fused-ring (bicyclic) bond motifs is 1. The van der Waals surface area contributed by atoms with Gasteiger partial charge in [0.25, 0.3) is 0 Å². The van der Waals surface area contributed by atoms with Crippen molar-refractivity contribution in [2.45, 2.75) is 6.92 Å². The maximum atomic E-state index is 10.8. The number of aromatic nitrogens is 1. The SMILES string of the molecule is COc1ccc2[nH]c(C)c(/C=C/C(N)=O)c2c1. The van der Waals surface area contributed by atoms with E-state index in [-0.39, 0.29) is 0 Å². The van der Waals surface area contributed by atoms with Crippen LogP contribution in [-0.2, 0) is 4.79 Å². The van der Waals surface area contributed by atoms with Crippen LogP contribution in [0.3, 0.4) is 0 Å². The van der Waals surface area contributed by atoms with E-state index in [1.807, 2.05) is 25.1 Å². The summed E-state index contributed by atoms with van der Waals surface area (Å²) in [5.41, 5.74) is 8.05. The Labute approximate surface area is 99.1 Å². The molecule has 1 aromatic carbocycles. The smallest absolute Gasteiger partial charge is 0.241 e. The summed E-state index contributed by atoms with van der Waals surface area (Å²) in [6.45, 7) is 1.95. The Morgan fingerprint density at radius 3 is 2.88 bits per heavy atom. The van der Waals surface area contributed by atoms with Gasteiger partial charge in [-0.25, -0.2) is 0 Å². The molecule has 0 radical (unpaired) electrons. The lowest BCUT2D eigenvalue weighted by Gasteiger charge is -1.99. The minimum absolute atomic E-state index is 0.457. The molecular formula is C13H14N2O2. The van der Waals surface area contributed by atoms with E-state index in [2.05, 4.69) is 4.98 Å². The first kappa shape index (κ1) is 11.3. The molecule has 0 aliphatic heterocycles. The summed E-state index contributed by atoms with van der Waals surface area (Å²) in [6, 6.07) is 5.77. The maximum absolute atomic E-state index is 10.8. The molecule has 0 atom stereocenters. The fourth-order valence-corrected chi connectivity index (χ4v) is 1.83. The number of methoxy groups -OCH3 is 1. The molecule has 0 spiro atoms. The summed E-state index contributed by atoms with van der Waals surface area (Å²) in [6.07, 6.45) is 3.07. The van der Waals surface area contributed by atoms with Gasteiger partial charge in [0.2, 0.25) is 5.91 Å². The predicted molar refractivity (Wildman–Crippen MR) is 67.8 cm³/mol. The van der Waals surface area contributed by atoms with E-state index < -0.39 is 5.91 Å². The first-order valence-corrected chi connectivity index (χ1v) is 5.25. The van der Waals surface area contributed by atoms with Crippen molar-refractivity contribution in [3.63, 3.8) is 0 Å². The van der Waals surface area contributed by atoms with Gasteiger partial charge in [-0.15, -0.1) is 0 Å². The highest BCUT2D eigenvalue weighted by Crippen LogP contribution is 2.27. The van der Waals surface area contributed by atoms with Crippen LogP contribution in [0.25, 0.3) is 17.0 Å². The molecule has 4 nitrogen and oxygen atoms in total. The van der Waals surface area contributed by atoms with E-state index in [4.69, 9.17) is 10.5 Å². The number of nitrogens with two attached hydrogens (primary N) is 1. The van der Waals surface area contributed by atoms with Crippen LogP contribution in [0.5, 0.6) is 5.75 Å². The highest BCUT2D eigenvalue weighted by molar-refractivity contribution is 5.96. The number of aryl methyl sites for hydroxylation is 1. The molecule has 0 aliphatic carbocycles. The zero-order valence-corrected chi connectivity index (χ0v) is 9.78. The molecule has 2 aromatic rings. The number of carbonyl (C=O) groups excluding carboxylic acids is 1. The molecule has 2 rings (SSSR count). The predicted octanol–water partition coefficient (Wildman–Crippen LogP) is 1.98. The monoisotopic (exact) mass is 230 g/mol. The summed E-state index contributed by atoms with van der Waals surface area (Å²) in [7, 11) is 1.62. The molecular weight excluding hydrogens is 216 g/mol. The fraction of sp³-hybridized carbons (Fsp3) is 0.154. The van der Waals surface area contributed by atoms with Gasteiger partial charge in [-0.3, -0.25) is 4.79 Å². The normalized spacial score (nSPS) is 11.2. The number of ether oxygens (including phenoxy) is 1. The quantitative estimate of drug-likeness (QED) is 0.792. The van der Waals surface area contributed by atoms with E-state index in [0.29, 0.717) is 0 Å². The maximum Gasteiger partial charge on any atom is 0.241 e. The molecule has 0 saturated heterocycles. The molecule has 3 N–H and O–H groups in total. The number of nitrogens with one attached hydrogen (secondary N) is 1. The molecule has 1 amide bonds. The van der Waals surface area contributed by atoms with Gasteiger partial charge >= 0.3 is 0 Å². The first-order valence-electron chi connectivity index (χ1n) is 5.25. The second-order valence-electron chi connectivity index (χ2n) is 3.81. The van der Waals surface area contributed by atoms with Crippen molar-refractivity contribution in [3.8, 4) is 5.75 Å². The molecule has 1 aromatic heterocycles. The number of rotatable bonds is 3. The third-order valence-electron chi connectivity index (χ3n) is 2.66. The number of H-pyrrole nitrogens is 1. The van der Waals surface area contributed by atoms with Gasteiger partial charge in [-0.2, -0.15) is 0 Å². The molecule has 0 unspecified atom stereocenters. The lowest BCUT2D eigenvalue weighted by molar-refractivity contribution is -0.113. The average Bonchev–Trinajstić information content (AvgIpc) is 2.61. The van der Waals surface area contributed by atoms with Crippen molar-refractivity contribution < 1.29 is 9.53 Å². The second-order valence-corrected chi connectivity index (χ2v) is 3.81. The van der Waals surface area contributed by atoms with Gasteiger partial charge < -0.3 is 15.5 Å². The standard InChI is InChI=1S/C13H14N2O2/c1-8-10(4-6-13(14)16)11-7-9(17-2)3-5-12(11)15-8/h3-7,15H,1-2H3,(H2,14,16)/b6-4+. The van der Waals surface area contributed by atoms with Crippen molar-refractivity contribution in [2.24, 2.45) is 5.73 Å². The third-order valence-corrected chi connectivity index (χ3v) is 2.66. The van der Waals surface area contributed by atoms with Crippen LogP contribution in [0.1, 0.15) is 11.3 Å². The van der Waals surface area contributed by atoms with Crippen molar-refractivity contribution in [2.75, 3.05) is 7.11 Å². The Balaban J connectivity index is 2.60. The lowest BCUT2D eigenvalue weighted by Crippen LogP contribution is -2.05. The van der Waals surface area contributed by atoms with Gasteiger partial charge in [0, 0.05) is 28.2 Å². The van der Waals surface area contributed by atoms with Gasteiger partial charge in [-0.1, -0.05) is 0 Å². The molecule has 4 heteroatoms. The number of hydrogen-bond acceptors (Lipinski definition) is 2. The number of hydrogen-bond donors (Lipinski definition) is 2. The molecule has 1 heterocycles. The zero-order valence-electron chi connectivity index (χ0n) is 9.78. The van der Waals surface area contributed by atoms with E-state index in [1.54, 1.807) is 13.2 Å². The topological polar surface area (TPSA) is 68.1 Å². The minimum Gasteiger partial charge on any atom is -0.497 e. The van der Waals surface area contributed by atoms with Crippen LogP contribution in [-0.4, -0.2) is 18.0 Å². The van der Waals surface area contributed by atoms with Crippen molar-refractivity contribution in [1.82, 2.24) is 4.98 Å². The molecule has 0 aliphatic rings. The van der Waals surface area contributed by atoms with E-state index >= 15 is 0 Å². The van der Waals surface area contributed by atoms with Gasteiger partial charge in [0.05, 0.1) is 7.11 Å². The Morgan fingerprint density at radius 2 is 2.24 bits per heavy atom. The zero-order chi connectivity index (χ0) is 12.4. The lowest BCUT2D eigenvalue weighted by atomic mass is 10.1. The Hall–Kier alpha value is -2.23. The van der Waals surface area contributed by atoms with E-state index in [0.717, 1.165) is 27.9 Å². The highest BCUT2D eigenvalue weighted by Gasteiger charge is 2.06. The summed E-state index contributed by atoms with van der Waals surface area (Å²) >= 11 is 0. The number of aromatic amines is 1. The molecule has 88 valence electrons. The molecule has 0 bridgehead atoms. The molecule has 17 heavy (non-hydrogen) atoms. The van der Waals surface area contributed by atoms with Crippen LogP contribution in [0.2, 0.25) is 0 Å². The second kappa shape index (κ2) is 4.33. The minimum atomic E-state index is -0.457. The van der Waals surface area contributed by atoms with Crippen LogP contribution in [0.15, 0.2) is 24.3 Å². The van der Waals surface area contributed by atoms with Crippen LogP contribution < -0.4 is 10.5 Å². The summed E-state index contributed by atoms with van der Waals surface area (Å²) < 4.78 is 5.18. The van der Waals surface area contributed by atoms with Crippen LogP contribution in [0, 0.1) is 6.92 Å². The Bertz CT molecular complexity index is 597. The average molecular weight is 230 g/mol. The Morgan fingerprint density at radius 1 is 1.47 bits per heavy atom. The van der Waals surface area contributed by atoms with E-state index in [9.17, 15) is 4.79 Å². The molecule has 0 saturated carbocycles. The summed E-state index contributed by atoms with van der Waals surface area (Å²) in [4.78, 5) is 14.0. The Kier molecular flexibility index (Phi) is 2.87. The van der Waals surface area contributed by atoms with Crippen molar-refractivity contribution >= 4 is 22.9 Å². The largest absolute Gasteiger partial charge is 0.497 e. The summed E-state index contributed by atoms with van der Waals surface area (Å²) in [5.74, 6) is 0.326. The van der Waals surface area contributed by atoms with E-state index in [1.165, 1.54) is 6.08 Å². The van der Waals surface area contributed by atoms with Crippen LogP contribution in [0.4, 0.5) is 0 Å². The number of carbonyl (C=O) groups is 1. The highest BCUT2D eigenvalue weighted by atomic mass is 16.5. The van der Waals surface area contributed by atoms with Crippen molar-refractivity contribution in [1.29, 1.82) is 0 Å². The molecule has 0 fully saturated rings. The third kappa shape index (κ3) is 2.15. The number of benzene rings is 1. The number of amides is 1. The fourth-order valence-electron chi connectivity index (χ4n) is 1.83. The van der Waals surface area contributed by atoms with Crippen molar-refractivity contribution in [3.05, 3.63) is 35.5 Å². The van der Waals surface area contributed by atoms with Gasteiger partial charge in [-0.05, 0) is 31.2 Å². The number of primary amides is 1. The van der Waals surface area contributed by atoms with Gasteiger partial charge in [0.1, 0.15) is 5.75 Å².